The van der Waals surface area contributed by atoms with Gasteiger partial charge < -0.3 is 15.6 Å². The zero-order chi connectivity index (χ0) is 6.85. The summed E-state index contributed by atoms with van der Waals surface area (Å²) >= 11 is 0. The van der Waals surface area contributed by atoms with Crippen LogP contribution in [0.5, 0.6) is 0 Å². The molecule has 0 bridgehead atoms. The van der Waals surface area contributed by atoms with Crippen LogP contribution in [0.25, 0.3) is 0 Å². The van der Waals surface area contributed by atoms with Crippen LogP contribution in [0.1, 0.15) is 13.3 Å². The molecule has 0 aliphatic carbocycles. The van der Waals surface area contributed by atoms with Crippen molar-refractivity contribution in [2.24, 2.45) is 5.73 Å². The lowest BCUT2D eigenvalue weighted by atomic mass is 10.1. The Morgan fingerprint density at radius 1 is 1.89 bits per heavy atom. The normalized spacial score (nSPS) is 31.7. The summed E-state index contributed by atoms with van der Waals surface area (Å²) in [4.78, 5) is 0. The SMILES string of the molecule is CCC(N)C(O)C1CO1. The minimum absolute atomic E-state index is 0.0277. The van der Waals surface area contributed by atoms with Crippen molar-refractivity contribution < 1.29 is 9.84 Å². The van der Waals surface area contributed by atoms with Crippen LogP contribution in [0, 0.1) is 0 Å². The van der Waals surface area contributed by atoms with Crippen molar-refractivity contribution in [1.82, 2.24) is 0 Å². The van der Waals surface area contributed by atoms with Crippen LogP contribution in [0.4, 0.5) is 0 Å². The fourth-order valence-electron chi connectivity index (χ4n) is 0.770. The van der Waals surface area contributed by atoms with Gasteiger partial charge in [0.2, 0.25) is 0 Å². The van der Waals surface area contributed by atoms with Gasteiger partial charge in [-0.1, -0.05) is 6.92 Å². The Bertz CT molecular complexity index is 93.1. The number of rotatable bonds is 3. The first-order valence-electron chi connectivity index (χ1n) is 3.31. The van der Waals surface area contributed by atoms with E-state index < -0.39 is 6.10 Å². The summed E-state index contributed by atoms with van der Waals surface area (Å²) in [5.74, 6) is 0. The van der Waals surface area contributed by atoms with Gasteiger partial charge in [-0.05, 0) is 6.42 Å². The third kappa shape index (κ3) is 1.64. The molecule has 0 aromatic heterocycles. The number of nitrogens with two attached hydrogens (primary N) is 1. The Labute approximate surface area is 54.8 Å². The zero-order valence-electron chi connectivity index (χ0n) is 5.58. The summed E-state index contributed by atoms with van der Waals surface area (Å²) in [5, 5.41) is 9.21. The highest BCUT2D eigenvalue weighted by Crippen LogP contribution is 2.16. The Balaban J connectivity index is 2.22. The topological polar surface area (TPSA) is 58.8 Å². The number of epoxide rings is 1. The Morgan fingerprint density at radius 3 is 2.78 bits per heavy atom. The van der Waals surface area contributed by atoms with E-state index in [0.717, 1.165) is 6.42 Å². The van der Waals surface area contributed by atoms with Gasteiger partial charge in [-0.3, -0.25) is 0 Å². The first-order chi connectivity index (χ1) is 4.25. The quantitative estimate of drug-likeness (QED) is 0.507. The molecule has 3 unspecified atom stereocenters. The van der Waals surface area contributed by atoms with Crippen molar-refractivity contribution in [1.29, 1.82) is 0 Å². The van der Waals surface area contributed by atoms with E-state index in [9.17, 15) is 5.11 Å². The summed E-state index contributed by atoms with van der Waals surface area (Å²) in [6.45, 7) is 2.63. The van der Waals surface area contributed by atoms with E-state index in [4.69, 9.17) is 10.5 Å². The van der Waals surface area contributed by atoms with Crippen molar-refractivity contribution >= 4 is 0 Å². The average Bonchev–Trinajstić information content (AvgIpc) is 2.66. The fraction of sp³-hybridized carbons (Fsp3) is 1.00. The largest absolute Gasteiger partial charge is 0.389 e. The molecule has 3 N–H and O–H groups in total. The van der Waals surface area contributed by atoms with Gasteiger partial charge in [-0.25, -0.2) is 0 Å². The van der Waals surface area contributed by atoms with E-state index in [-0.39, 0.29) is 12.1 Å². The summed E-state index contributed by atoms with van der Waals surface area (Å²) in [6.07, 6.45) is 0.385. The predicted molar refractivity (Wildman–Crippen MR) is 34.0 cm³/mol. The number of aliphatic hydroxyl groups excluding tert-OH is 1. The summed E-state index contributed by atoms with van der Waals surface area (Å²) < 4.78 is 4.86. The molecule has 3 heteroatoms. The van der Waals surface area contributed by atoms with E-state index in [1.165, 1.54) is 0 Å². The van der Waals surface area contributed by atoms with Crippen LogP contribution >= 0.6 is 0 Å². The number of ether oxygens (including phenoxy) is 1. The maximum Gasteiger partial charge on any atom is 0.108 e. The highest BCUT2D eigenvalue weighted by Gasteiger charge is 2.34. The van der Waals surface area contributed by atoms with Gasteiger partial charge in [0.15, 0.2) is 0 Å². The van der Waals surface area contributed by atoms with Gasteiger partial charge in [0.05, 0.1) is 12.7 Å². The molecule has 0 radical (unpaired) electrons. The molecule has 0 amide bonds. The molecule has 0 aromatic rings. The lowest BCUT2D eigenvalue weighted by Gasteiger charge is -2.13. The molecule has 54 valence electrons. The zero-order valence-corrected chi connectivity index (χ0v) is 5.58. The second-order valence-corrected chi connectivity index (χ2v) is 2.43. The molecule has 1 rings (SSSR count). The van der Waals surface area contributed by atoms with Crippen molar-refractivity contribution in [3.05, 3.63) is 0 Å². The first kappa shape index (κ1) is 6.99. The molecular formula is C6H13NO2. The Hall–Kier alpha value is -0.120. The van der Waals surface area contributed by atoms with E-state index in [0.29, 0.717) is 6.61 Å². The average molecular weight is 131 g/mol. The maximum atomic E-state index is 9.21. The van der Waals surface area contributed by atoms with Crippen molar-refractivity contribution in [2.45, 2.75) is 31.6 Å². The van der Waals surface area contributed by atoms with Gasteiger partial charge in [0, 0.05) is 6.04 Å². The van der Waals surface area contributed by atoms with Crippen LogP contribution in [0.15, 0.2) is 0 Å². The molecule has 1 aliphatic rings. The molecule has 3 atom stereocenters. The standard InChI is InChI=1S/C6H13NO2/c1-2-4(7)6(8)5-3-9-5/h4-6,8H,2-3,7H2,1H3. The van der Waals surface area contributed by atoms with Gasteiger partial charge >= 0.3 is 0 Å². The lowest BCUT2D eigenvalue weighted by molar-refractivity contribution is 0.108. The second-order valence-electron chi connectivity index (χ2n) is 2.43. The summed E-state index contributed by atoms with van der Waals surface area (Å²) in [7, 11) is 0. The molecule has 0 spiro atoms. The fourth-order valence-corrected chi connectivity index (χ4v) is 0.770. The van der Waals surface area contributed by atoms with Crippen LogP contribution < -0.4 is 5.73 Å². The van der Waals surface area contributed by atoms with Gasteiger partial charge in [-0.2, -0.15) is 0 Å². The summed E-state index contributed by atoms with van der Waals surface area (Å²) in [6, 6.07) is -0.113. The molecule has 1 fully saturated rings. The second kappa shape index (κ2) is 2.64. The van der Waals surface area contributed by atoms with Crippen LogP contribution in [-0.4, -0.2) is 30.0 Å². The van der Waals surface area contributed by atoms with Gasteiger partial charge in [0.1, 0.15) is 6.10 Å². The highest BCUT2D eigenvalue weighted by molar-refractivity contribution is 4.85. The molecule has 1 aliphatic heterocycles. The summed E-state index contributed by atoms with van der Waals surface area (Å²) in [5.41, 5.74) is 5.53. The maximum absolute atomic E-state index is 9.21. The Morgan fingerprint density at radius 2 is 2.44 bits per heavy atom. The number of hydrogen-bond donors (Lipinski definition) is 2. The number of aliphatic hydroxyl groups is 1. The third-order valence-electron chi connectivity index (χ3n) is 1.65. The molecular weight excluding hydrogens is 118 g/mol. The van der Waals surface area contributed by atoms with Gasteiger partial charge in [0.25, 0.3) is 0 Å². The minimum atomic E-state index is -0.449. The molecule has 0 saturated carbocycles. The lowest BCUT2D eigenvalue weighted by Crippen LogP contribution is -2.37. The van der Waals surface area contributed by atoms with Crippen molar-refractivity contribution in [2.75, 3.05) is 6.61 Å². The first-order valence-corrected chi connectivity index (χ1v) is 3.31. The Kier molecular flexibility index (Phi) is 2.05. The molecule has 1 saturated heterocycles. The van der Waals surface area contributed by atoms with Crippen molar-refractivity contribution in [3.63, 3.8) is 0 Å². The van der Waals surface area contributed by atoms with Crippen molar-refractivity contribution in [3.8, 4) is 0 Å². The monoisotopic (exact) mass is 131 g/mol. The third-order valence-corrected chi connectivity index (χ3v) is 1.65. The minimum Gasteiger partial charge on any atom is -0.389 e. The molecule has 0 aromatic carbocycles. The van der Waals surface area contributed by atoms with Crippen LogP contribution in [0.2, 0.25) is 0 Å². The van der Waals surface area contributed by atoms with Gasteiger partial charge in [-0.15, -0.1) is 0 Å². The predicted octanol–water partition coefficient (Wildman–Crippen LogP) is -0.517. The molecule has 3 nitrogen and oxygen atoms in total. The van der Waals surface area contributed by atoms with E-state index in [1.807, 2.05) is 6.92 Å². The smallest absolute Gasteiger partial charge is 0.108 e. The van der Waals surface area contributed by atoms with E-state index in [1.54, 1.807) is 0 Å². The number of hydrogen-bond acceptors (Lipinski definition) is 3. The van der Waals surface area contributed by atoms with Crippen LogP contribution in [0.3, 0.4) is 0 Å². The molecule has 9 heavy (non-hydrogen) atoms. The highest BCUT2D eigenvalue weighted by atomic mass is 16.6. The molecule has 1 heterocycles. The van der Waals surface area contributed by atoms with E-state index >= 15 is 0 Å². The van der Waals surface area contributed by atoms with E-state index in [2.05, 4.69) is 0 Å². The van der Waals surface area contributed by atoms with Crippen LogP contribution in [-0.2, 0) is 4.74 Å².